The lowest BCUT2D eigenvalue weighted by molar-refractivity contribution is -0.140. The third-order valence-corrected chi connectivity index (χ3v) is 6.74. The van der Waals surface area contributed by atoms with E-state index in [1.54, 1.807) is 25.1 Å². The molecule has 1 unspecified atom stereocenters. The van der Waals surface area contributed by atoms with Crippen molar-refractivity contribution in [1.29, 1.82) is 0 Å². The van der Waals surface area contributed by atoms with Crippen molar-refractivity contribution in [2.24, 2.45) is 0 Å². The predicted molar refractivity (Wildman–Crippen MR) is 119 cm³/mol. The number of hydrogen-bond donors (Lipinski definition) is 1. The third kappa shape index (κ3) is 5.56. The predicted octanol–water partition coefficient (Wildman–Crippen LogP) is 2.53. The number of fused-ring (bicyclic) bond motifs is 1. The highest BCUT2D eigenvalue weighted by molar-refractivity contribution is 7.49. The number of aromatic nitrogens is 2. The topological polar surface area (TPSA) is 135 Å². The Kier molecular flexibility index (Phi) is 7.18. The van der Waals surface area contributed by atoms with E-state index in [1.165, 1.54) is 17.9 Å². The van der Waals surface area contributed by atoms with Crippen LogP contribution < -0.4 is 15.8 Å². The fourth-order valence-electron chi connectivity index (χ4n) is 3.57. The number of ether oxygens (including phenoxy) is 2. The lowest BCUT2D eigenvalue weighted by Crippen LogP contribution is -2.33. The summed E-state index contributed by atoms with van der Waals surface area (Å²) in [5, 5.41) is 0. The lowest BCUT2D eigenvalue weighted by atomic mass is 10.0. The standard InChI is InChI=1S/C22H25N2O9P/c1-14-11-24(22(27)23-21(14)26)19-9-7-17(32-19)13-31-34(28)30-12-16-10-15(6-8-18(16)33-34)4-3-5-20(25)29-2/h6-11,17,19H,3-5,12-13H2,1-2H3,(H,23,26,27)/t17-,19+,34?/m0/s1. The summed E-state index contributed by atoms with van der Waals surface area (Å²) in [6, 6.07) is 5.42. The average molecular weight is 492 g/mol. The van der Waals surface area contributed by atoms with Gasteiger partial charge in [0.05, 0.1) is 20.3 Å². The van der Waals surface area contributed by atoms with Gasteiger partial charge in [-0.15, -0.1) is 0 Å². The molecule has 0 spiro atoms. The van der Waals surface area contributed by atoms with Gasteiger partial charge in [-0.1, -0.05) is 12.1 Å². The molecule has 3 heterocycles. The molecule has 12 heteroatoms. The number of H-pyrrole nitrogens is 1. The number of rotatable bonds is 8. The summed E-state index contributed by atoms with van der Waals surface area (Å²) < 4.78 is 40.9. The fourth-order valence-corrected chi connectivity index (χ4v) is 4.80. The maximum atomic E-state index is 12.9. The molecule has 11 nitrogen and oxygen atoms in total. The summed E-state index contributed by atoms with van der Waals surface area (Å²) >= 11 is 0. The molecule has 2 aliphatic heterocycles. The maximum Gasteiger partial charge on any atom is 0.530 e. The molecule has 0 fully saturated rings. The zero-order valence-electron chi connectivity index (χ0n) is 18.7. The van der Waals surface area contributed by atoms with Gasteiger partial charge in [-0.2, -0.15) is 0 Å². The van der Waals surface area contributed by atoms with Crippen LogP contribution in [0.3, 0.4) is 0 Å². The summed E-state index contributed by atoms with van der Waals surface area (Å²) in [6.07, 6.45) is 5.06. The first-order valence-corrected chi connectivity index (χ1v) is 12.2. The van der Waals surface area contributed by atoms with E-state index < -0.39 is 31.4 Å². The van der Waals surface area contributed by atoms with Gasteiger partial charge >= 0.3 is 19.5 Å². The minimum absolute atomic E-state index is 0.0491. The maximum absolute atomic E-state index is 12.9. The Morgan fingerprint density at radius 3 is 2.91 bits per heavy atom. The molecule has 2 aliphatic rings. The number of aryl methyl sites for hydroxylation is 2. The Hall–Kier alpha value is -2.98. The largest absolute Gasteiger partial charge is 0.530 e. The summed E-state index contributed by atoms with van der Waals surface area (Å²) in [6.45, 7) is 1.51. The molecule has 182 valence electrons. The molecule has 4 rings (SSSR count). The summed E-state index contributed by atoms with van der Waals surface area (Å²) in [4.78, 5) is 37.1. The molecule has 0 amide bonds. The second-order valence-corrected chi connectivity index (χ2v) is 9.50. The van der Waals surface area contributed by atoms with Gasteiger partial charge in [-0.05, 0) is 43.5 Å². The van der Waals surface area contributed by atoms with Crippen molar-refractivity contribution < 1.29 is 32.4 Å². The Morgan fingerprint density at radius 2 is 2.12 bits per heavy atom. The summed E-state index contributed by atoms with van der Waals surface area (Å²) in [7, 11) is -2.50. The van der Waals surface area contributed by atoms with E-state index >= 15 is 0 Å². The summed E-state index contributed by atoms with van der Waals surface area (Å²) in [5.74, 6) is 0.151. The first-order chi connectivity index (χ1) is 16.3. The minimum Gasteiger partial charge on any atom is -0.469 e. The van der Waals surface area contributed by atoms with E-state index in [9.17, 15) is 18.9 Å². The second kappa shape index (κ2) is 10.1. The Bertz CT molecular complexity index is 1270. The van der Waals surface area contributed by atoms with Crippen molar-refractivity contribution in [1.82, 2.24) is 9.55 Å². The molecule has 1 N–H and O–H groups in total. The van der Waals surface area contributed by atoms with Gasteiger partial charge in [0.1, 0.15) is 11.9 Å². The number of aromatic amines is 1. The first-order valence-electron chi connectivity index (χ1n) is 10.7. The van der Waals surface area contributed by atoms with Crippen LogP contribution in [0.15, 0.2) is 46.1 Å². The number of carbonyl (C=O) groups excluding carboxylic acids is 1. The fraction of sp³-hybridized carbons (Fsp3) is 0.409. The molecule has 1 aromatic heterocycles. The zero-order valence-corrected chi connectivity index (χ0v) is 19.6. The number of nitrogens with zero attached hydrogens (tertiary/aromatic N) is 1. The highest BCUT2D eigenvalue weighted by Crippen LogP contribution is 2.54. The van der Waals surface area contributed by atoms with E-state index in [0.717, 1.165) is 11.1 Å². The smallest absolute Gasteiger partial charge is 0.469 e. The van der Waals surface area contributed by atoms with Crippen LogP contribution in [0.25, 0.3) is 0 Å². The van der Waals surface area contributed by atoms with E-state index in [2.05, 4.69) is 9.72 Å². The highest BCUT2D eigenvalue weighted by Gasteiger charge is 2.36. The molecule has 0 saturated heterocycles. The quantitative estimate of drug-likeness (QED) is 0.335. The average Bonchev–Trinajstić information content (AvgIpc) is 3.29. The number of carbonyl (C=O) groups is 1. The van der Waals surface area contributed by atoms with Crippen LogP contribution in [0.4, 0.5) is 0 Å². The molecular weight excluding hydrogens is 467 g/mol. The summed E-state index contributed by atoms with van der Waals surface area (Å²) in [5.41, 5.74) is 1.04. The van der Waals surface area contributed by atoms with Gasteiger partial charge < -0.3 is 14.0 Å². The van der Waals surface area contributed by atoms with Gasteiger partial charge in [-0.25, -0.2) is 9.36 Å². The van der Waals surface area contributed by atoms with Crippen LogP contribution in [0.5, 0.6) is 5.75 Å². The lowest BCUT2D eigenvalue weighted by Gasteiger charge is -2.26. The molecule has 0 saturated carbocycles. The monoisotopic (exact) mass is 492 g/mol. The molecule has 0 aliphatic carbocycles. The van der Waals surface area contributed by atoms with E-state index in [-0.39, 0.29) is 19.2 Å². The van der Waals surface area contributed by atoms with Crippen LogP contribution in [-0.2, 0) is 40.9 Å². The molecule has 1 aromatic carbocycles. The van der Waals surface area contributed by atoms with Crippen LogP contribution in [-0.4, -0.2) is 35.3 Å². The van der Waals surface area contributed by atoms with Crippen molar-refractivity contribution in [3.8, 4) is 5.75 Å². The van der Waals surface area contributed by atoms with Crippen LogP contribution in [0.1, 0.15) is 35.8 Å². The zero-order chi connectivity index (χ0) is 24.3. The van der Waals surface area contributed by atoms with Gasteiger partial charge in [0.2, 0.25) is 0 Å². The number of nitrogens with one attached hydrogen (secondary N) is 1. The Balaban J connectivity index is 1.31. The third-order valence-electron chi connectivity index (χ3n) is 5.41. The number of phosphoric acid groups is 1. The Labute approximate surface area is 194 Å². The molecule has 3 atom stereocenters. The second-order valence-electron chi connectivity index (χ2n) is 7.91. The van der Waals surface area contributed by atoms with E-state index in [4.69, 9.17) is 18.3 Å². The molecule has 0 radical (unpaired) electrons. The van der Waals surface area contributed by atoms with Gasteiger partial charge in [0.15, 0.2) is 6.23 Å². The van der Waals surface area contributed by atoms with Crippen LogP contribution >= 0.6 is 7.82 Å². The number of phosphoric ester groups is 1. The van der Waals surface area contributed by atoms with Crippen molar-refractivity contribution in [2.45, 2.75) is 45.1 Å². The highest BCUT2D eigenvalue weighted by atomic mass is 31.2. The number of esters is 1. The van der Waals surface area contributed by atoms with Crippen molar-refractivity contribution >= 4 is 13.8 Å². The van der Waals surface area contributed by atoms with Crippen LogP contribution in [0, 0.1) is 6.92 Å². The minimum atomic E-state index is -3.86. The van der Waals surface area contributed by atoms with Gasteiger partial charge in [0.25, 0.3) is 5.56 Å². The van der Waals surface area contributed by atoms with Crippen molar-refractivity contribution in [3.63, 3.8) is 0 Å². The van der Waals surface area contributed by atoms with Gasteiger partial charge in [0, 0.05) is 23.7 Å². The molecule has 2 aromatic rings. The molecular formula is C22H25N2O9P. The SMILES string of the molecule is COC(=O)CCCc1ccc2c(c1)COP(=O)(OC[C@@H]1C=C[C@H](n3cc(C)c(=O)[nH]c3=O)O1)O2. The van der Waals surface area contributed by atoms with E-state index in [1.807, 2.05) is 12.1 Å². The number of methoxy groups -OCH3 is 1. The van der Waals surface area contributed by atoms with E-state index in [0.29, 0.717) is 30.6 Å². The Morgan fingerprint density at radius 1 is 1.29 bits per heavy atom. The number of hydrogen-bond acceptors (Lipinski definition) is 9. The number of benzene rings is 1. The van der Waals surface area contributed by atoms with Gasteiger partial charge in [-0.3, -0.25) is 28.2 Å². The van der Waals surface area contributed by atoms with Crippen molar-refractivity contribution in [2.75, 3.05) is 13.7 Å². The van der Waals surface area contributed by atoms with Crippen molar-refractivity contribution in [3.05, 3.63) is 74.1 Å². The molecule has 0 bridgehead atoms. The van der Waals surface area contributed by atoms with Crippen LogP contribution in [0.2, 0.25) is 0 Å². The molecule has 34 heavy (non-hydrogen) atoms. The normalized spacial score (nSPS) is 23.4. The first kappa shape index (κ1) is 24.2.